The molecule has 0 atom stereocenters. The Labute approximate surface area is 280 Å². The second-order valence-electron chi connectivity index (χ2n) is 12.4. The van der Waals surface area contributed by atoms with E-state index < -0.39 is 5.78 Å². The third kappa shape index (κ3) is 9.24. The van der Waals surface area contributed by atoms with Gasteiger partial charge in [-0.25, -0.2) is 0 Å². The lowest BCUT2D eigenvalue weighted by Gasteiger charge is -2.30. The molecule has 0 heterocycles. The molecular formula is C38H53N3O6. The summed E-state index contributed by atoms with van der Waals surface area (Å²) in [5, 5.41) is 25.2. The normalized spacial score (nSPS) is 16.1. The molecule has 0 fully saturated rings. The summed E-state index contributed by atoms with van der Waals surface area (Å²) in [5.41, 5.74) is 2.81. The van der Waals surface area contributed by atoms with E-state index in [2.05, 4.69) is 12.2 Å². The highest BCUT2D eigenvalue weighted by Crippen LogP contribution is 2.45. The fourth-order valence-corrected chi connectivity index (χ4v) is 6.20. The number of aliphatic hydroxyl groups is 1. The van der Waals surface area contributed by atoms with Gasteiger partial charge in [0.15, 0.2) is 5.78 Å². The molecule has 0 saturated carbocycles. The number of ketones is 3. The number of rotatable bonds is 19. The number of Topliss-reactive ketones (excluding diaryl/α,β-unsaturated/α-hetero) is 2. The first-order valence-electron chi connectivity index (χ1n) is 17.3. The summed E-state index contributed by atoms with van der Waals surface area (Å²) in [4.78, 5) is 55.0. The second-order valence-corrected chi connectivity index (χ2v) is 12.4. The Hall–Kier alpha value is -4.14. The van der Waals surface area contributed by atoms with Crippen LogP contribution in [0.15, 0.2) is 52.5 Å². The van der Waals surface area contributed by atoms with Gasteiger partial charge >= 0.3 is 0 Å². The largest absolute Gasteiger partial charge is 0.507 e. The predicted octanol–water partition coefficient (Wildman–Crippen LogP) is 6.65. The van der Waals surface area contributed by atoms with Crippen LogP contribution in [0.25, 0.3) is 5.57 Å². The maximum absolute atomic E-state index is 13.5. The molecule has 0 aliphatic heterocycles. The number of anilines is 1. The van der Waals surface area contributed by atoms with Crippen molar-refractivity contribution in [3.05, 3.63) is 63.6 Å². The van der Waals surface area contributed by atoms with Crippen LogP contribution >= 0.6 is 0 Å². The van der Waals surface area contributed by atoms with Crippen molar-refractivity contribution >= 4 is 34.5 Å². The van der Waals surface area contributed by atoms with Crippen LogP contribution in [0.2, 0.25) is 0 Å². The molecular weight excluding hydrogens is 594 g/mol. The first-order chi connectivity index (χ1) is 22.5. The number of phenols is 1. The SMILES string of the molecule is CCCCCCCCNC(=O)CCN(CC)c1cc(C)c(C2=C(O)C(=C3C(=O)C=C(N(CC)CCC(=O)CC)C=C3C)C2=O)c(O)c1. The van der Waals surface area contributed by atoms with Gasteiger partial charge in [0.05, 0.1) is 11.1 Å². The summed E-state index contributed by atoms with van der Waals surface area (Å²) in [6, 6.07) is 3.38. The Balaban J connectivity index is 1.73. The van der Waals surface area contributed by atoms with E-state index in [1.54, 1.807) is 26.0 Å². The molecule has 2 aliphatic carbocycles. The van der Waals surface area contributed by atoms with Gasteiger partial charge in [0.2, 0.25) is 11.7 Å². The van der Waals surface area contributed by atoms with Crippen molar-refractivity contribution in [2.24, 2.45) is 0 Å². The number of nitrogens with one attached hydrogen (secondary N) is 1. The summed E-state index contributed by atoms with van der Waals surface area (Å²) < 4.78 is 0. The number of nitrogens with zero attached hydrogens (tertiary/aromatic N) is 2. The lowest BCUT2D eigenvalue weighted by atomic mass is 9.76. The molecule has 1 amide bonds. The summed E-state index contributed by atoms with van der Waals surface area (Å²) in [6.07, 6.45) is 11.4. The van der Waals surface area contributed by atoms with Gasteiger partial charge in [-0.1, -0.05) is 46.0 Å². The van der Waals surface area contributed by atoms with E-state index in [9.17, 15) is 29.4 Å². The van der Waals surface area contributed by atoms with Gasteiger partial charge in [-0.15, -0.1) is 0 Å². The van der Waals surface area contributed by atoms with Crippen molar-refractivity contribution in [1.82, 2.24) is 10.2 Å². The molecule has 47 heavy (non-hydrogen) atoms. The third-order valence-corrected chi connectivity index (χ3v) is 9.02. The van der Waals surface area contributed by atoms with Crippen LogP contribution in [0.3, 0.4) is 0 Å². The van der Waals surface area contributed by atoms with Gasteiger partial charge < -0.3 is 25.3 Å². The summed E-state index contributed by atoms with van der Waals surface area (Å²) in [7, 11) is 0. The Morgan fingerprint density at radius 2 is 1.45 bits per heavy atom. The predicted molar refractivity (Wildman–Crippen MR) is 187 cm³/mol. The Bertz CT molecular complexity index is 1460. The number of aliphatic hydroxyl groups excluding tert-OH is 1. The monoisotopic (exact) mass is 647 g/mol. The zero-order valence-electron chi connectivity index (χ0n) is 29.1. The smallest absolute Gasteiger partial charge is 0.221 e. The lowest BCUT2D eigenvalue weighted by Crippen LogP contribution is -2.31. The molecule has 0 saturated heterocycles. The van der Waals surface area contributed by atoms with Crippen LogP contribution in [0.5, 0.6) is 5.75 Å². The topological polar surface area (TPSA) is 127 Å². The fraction of sp³-hybridized carbons (Fsp3) is 0.526. The molecule has 0 unspecified atom stereocenters. The number of allylic oxidation sites excluding steroid dienone is 6. The van der Waals surface area contributed by atoms with E-state index in [1.165, 1.54) is 31.8 Å². The highest BCUT2D eigenvalue weighted by atomic mass is 16.3. The zero-order chi connectivity index (χ0) is 34.7. The minimum absolute atomic E-state index is 0.0113. The molecule has 1 aromatic rings. The maximum Gasteiger partial charge on any atom is 0.221 e. The van der Waals surface area contributed by atoms with Crippen LogP contribution in [0.4, 0.5) is 5.69 Å². The average molecular weight is 648 g/mol. The molecule has 0 radical (unpaired) electrons. The third-order valence-electron chi connectivity index (χ3n) is 9.02. The standard InChI is InChI=1S/C38H53N3O6/c1-7-11-12-13-14-15-18-39-32(45)17-20-41(10-4)28-22-26(6)34(31(44)24-28)36-37(46)35(38(36)47)33-25(5)21-27(23-30(33)43)40(9-3)19-16-29(42)8-2/h21-24,44,46H,7-20H2,1-6H3,(H,39,45). The van der Waals surface area contributed by atoms with Gasteiger partial charge in [0.1, 0.15) is 17.3 Å². The molecule has 2 aliphatic rings. The number of hydrogen-bond donors (Lipinski definition) is 3. The fourth-order valence-electron chi connectivity index (χ4n) is 6.20. The minimum Gasteiger partial charge on any atom is -0.507 e. The van der Waals surface area contributed by atoms with E-state index in [0.29, 0.717) is 74.5 Å². The number of hydrogen-bond acceptors (Lipinski definition) is 8. The van der Waals surface area contributed by atoms with Crippen LogP contribution in [-0.2, 0) is 19.2 Å². The van der Waals surface area contributed by atoms with Gasteiger partial charge in [0, 0.05) is 86.6 Å². The van der Waals surface area contributed by atoms with Crippen molar-refractivity contribution in [1.29, 1.82) is 0 Å². The molecule has 0 aromatic heterocycles. The van der Waals surface area contributed by atoms with Gasteiger partial charge in [-0.2, -0.15) is 0 Å². The molecule has 0 bridgehead atoms. The highest BCUT2D eigenvalue weighted by molar-refractivity contribution is 6.41. The summed E-state index contributed by atoms with van der Waals surface area (Å²) >= 11 is 0. The highest BCUT2D eigenvalue weighted by Gasteiger charge is 2.41. The van der Waals surface area contributed by atoms with E-state index in [-0.39, 0.29) is 51.3 Å². The maximum atomic E-state index is 13.5. The average Bonchev–Trinajstić information content (AvgIpc) is 3.04. The number of benzene rings is 1. The molecule has 9 nitrogen and oxygen atoms in total. The molecule has 3 rings (SSSR count). The van der Waals surface area contributed by atoms with Crippen LogP contribution in [-0.4, -0.2) is 71.1 Å². The number of carbonyl (C=O) groups is 4. The van der Waals surface area contributed by atoms with Crippen molar-refractivity contribution in [3.63, 3.8) is 0 Å². The number of aryl methyl sites for hydroxylation is 1. The molecule has 1 aromatic carbocycles. The minimum atomic E-state index is -0.503. The van der Waals surface area contributed by atoms with Crippen LogP contribution in [0, 0.1) is 6.92 Å². The van der Waals surface area contributed by atoms with Crippen LogP contribution in [0.1, 0.15) is 104 Å². The number of aromatic hydroxyl groups is 1. The molecule has 3 N–H and O–H groups in total. The first kappa shape index (κ1) is 37.3. The first-order valence-corrected chi connectivity index (χ1v) is 17.3. The molecule has 256 valence electrons. The number of phenolic OH excluding ortho intramolecular Hbond substituents is 1. The lowest BCUT2D eigenvalue weighted by molar-refractivity contribution is -0.121. The summed E-state index contributed by atoms with van der Waals surface area (Å²) in [6.45, 7) is 14.3. The van der Waals surface area contributed by atoms with Crippen molar-refractivity contribution in [3.8, 4) is 5.75 Å². The number of amides is 1. The number of unbranched alkanes of at least 4 members (excludes halogenated alkanes) is 5. The van der Waals surface area contributed by atoms with E-state index >= 15 is 0 Å². The van der Waals surface area contributed by atoms with Crippen molar-refractivity contribution in [2.75, 3.05) is 37.6 Å². The zero-order valence-corrected chi connectivity index (χ0v) is 29.1. The van der Waals surface area contributed by atoms with Gasteiger partial charge in [0.25, 0.3) is 0 Å². The Morgan fingerprint density at radius 1 is 0.787 bits per heavy atom. The van der Waals surface area contributed by atoms with E-state index in [4.69, 9.17) is 0 Å². The Morgan fingerprint density at radius 3 is 2.04 bits per heavy atom. The van der Waals surface area contributed by atoms with Crippen LogP contribution < -0.4 is 10.2 Å². The second kappa shape index (κ2) is 17.7. The number of likely N-dealkylation sites (N-methyl/N-ethyl adjacent to an activating group) is 1. The quantitative estimate of drug-likeness (QED) is 0.113. The van der Waals surface area contributed by atoms with E-state index in [0.717, 1.165) is 12.8 Å². The van der Waals surface area contributed by atoms with Crippen molar-refractivity contribution < 1.29 is 29.4 Å². The molecule has 9 heteroatoms. The summed E-state index contributed by atoms with van der Waals surface area (Å²) in [5.74, 6) is -1.23. The Kier molecular flexibility index (Phi) is 14.0. The van der Waals surface area contributed by atoms with Crippen molar-refractivity contribution in [2.45, 2.75) is 99.3 Å². The molecule has 0 spiro atoms. The number of carbonyl (C=O) groups excluding carboxylic acids is 4. The van der Waals surface area contributed by atoms with Gasteiger partial charge in [-0.05, 0) is 57.4 Å². The van der Waals surface area contributed by atoms with E-state index in [1.807, 2.05) is 36.6 Å². The van der Waals surface area contributed by atoms with Gasteiger partial charge in [-0.3, -0.25) is 19.2 Å².